The zero-order valence-corrected chi connectivity index (χ0v) is 16.9. The number of nitrogens with two attached hydrogens (primary N) is 1. The van der Waals surface area contributed by atoms with E-state index in [-0.39, 0.29) is 24.1 Å². The maximum Gasteiger partial charge on any atom is 0.248 e. The molecule has 2 amide bonds. The molecule has 156 valence electrons. The van der Waals surface area contributed by atoms with Gasteiger partial charge in [-0.1, -0.05) is 48.5 Å². The minimum absolute atomic E-state index is 0.0817. The zero-order valence-electron chi connectivity index (χ0n) is 16.9. The first-order valence-corrected chi connectivity index (χ1v) is 9.90. The molecule has 1 aliphatic rings. The predicted molar refractivity (Wildman–Crippen MR) is 115 cm³/mol. The van der Waals surface area contributed by atoms with Gasteiger partial charge in [-0.3, -0.25) is 19.4 Å². The summed E-state index contributed by atoms with van der Waals surface area (Å²) < 4.78 is 0. The second-order valence-corrected chi connectivity index (χ2v) is 7.67. The van der Waals surface area contributed by atoms with E-state index in [1.807, 2.05) is 36.4 Å². The summed E-state index contributed by atoms with van der Waals surface area (Å²) in [6, 6.07) is 16.5. The van der Waals surface area contributed by atoms with Gasteiger partial charge in [-0.25, -0.2) is 0 Å². The average Bonchev–Trinajstić information content (AvgIpc) is 2.73. The number of hydrogen-bond donors (Lipinski definition) is 3. The third kappa shape index (κ3) is 5.31. The number of benzene rings is 2. The van der Waals surface area contributed by atoms with Crippen LogP contribution in [0.5, 0.6) is 0 Å². The van der Waals surface area contributed by atoms with Gasteiger partial charge in [0.2, 0.25) is 11.8 Å². The lowest BCUT2D eigenvalue weighted by atomic mass is 9.92. The molecular weight excluding hydrogens is 380 g/mol. The van der Waals surface area contributed by atoms with Gasteiger partial charge in [0, 0.05) is 12.1 Å². The summed E-state index contributed by atoms with van der Waals surface area (Å²) in [6.07, 6.45) is 1.82. The highest BCUT2D eigenvalue weighted by Gasteiger charge is 2.41. The van der Waals surface area contributed by atoms with Crippen LogP contribution in [0.3, 0.4) is 0 Å². The van der Waals surface area contributed by atoms with Gasteiger partial charge in [0.15, 0.2) is 0 Å². The molecule has 0 aliphatic carbocycles. The van der Waals surface area contributed by atoms with Gasteiger partial charge in [0.25, 0.3) is 0 Å². The van der Waals surface area contributed by atoms with Crippen LogP contribution in [0.25, 0.3) is 0 Å². The van der Waals surface area contributed by atoms with Gasteiger partial charge >= 0.3 is 0 Å². The second-order valence-electron chi connectivity index (χ2n) is 7.67. The molecule has 0 saturated carbocycles. The summed E-state index contributed by atoms with van der Waals surface area (Å²) in [4.78, 5) is 40.4. The minimum Gasteiger partial charge on any atom is -0.386 e. The molecule has 2 unspecified atom stereocenters. The molecule has 3 rings (SSSR count). The summed E-state index contributed by atoms with van der Waals surface area (Å²) in [5.74, 6) is -0.325. The van der Waals surface area contributed by atoms with Crippen LogP contribution in [0.1, 0.15) is 34.8 Å². The number of aliphatic imine (C=N–C) groups is 1. The van der Waals surface area contributed by atoms with Crippen molar-refractivity contribution in [2.24, 2.45) is 10.7 Å². The van der Waals surface area contributed by atoms with Crippen molar-refractivity contribution in [2.45, 2.75) is 37.8 Å². The van der Waals surface area contributed by atoms with Crippen LogP contribution >= 0.6 is 0 Å². The van der Waals surface area contributed by atoms with E-state index in [1.54, 1.807) is 25.1 Å². The van der Waals surface area contributed by atoms with E-state index in [9.17, 15) is 14.4 Å². The maximum absolute atomic E-state index is 12.7. The SMILES string of the molecule is CC1(CC(=O)NCCc2ccccc2)N=C(N)C(Cc2cccc(C=O)c2)NC1=O. The van der Waals surface area contributed by atoms with E-state index in [2.05, 4.69) is 15.6 Å². The van der Waals surface area contributed by atoms with Gasteiger partial charge in [-0.05, 0) is 37.0 Å². The molecule has 0 saturated heterocycles. The Morgan fingerprint density at radius 2 is 1.93 bits per heavy atom. The van der Waals surface area contributed by atoms with E-state index in [4.69, 9.17) is 5.73 Å². The predicted octanol–water partition coefficient (Wildman–Crippen LogP) is 1.40. The van der Waals surface area contributed by atoms with Crippen molar-refractivity contribution in [1.29, 1.82) is 0 Å². The van der Waals surface area contributed by atoms with Crippen molar-refractivity contribution < 1.29 is 14.4 Å². The molecule has 7 nitrogen and oxygen atoms in total. The standard InChI is InChI=1S/C23H26N4O3/c1-23(14-20(29)25-11-10-16-6-3-2-4-7-16)22(30)26-19(21(24)27-23)13-17-8-5-9-18(12-17)15-28/h2-9,12,15,19H,10-11,13-14H2,1H3,(H2,24,27)(H,25,29)(H,26,30). The van der Waals surface area contributed by atoms with Crippen LogP contribution in [0.4, 0.5) is 0 Å². The van der Waals surface area contributed by atoms with Crippen molar-refractivity contribution in [3.8, 4) is 0 Å². The van der Waals surface area contributed by atoms with Gasteiger partial charge < -0.3 is 16.4 Å². The summed E-state index contributed by atoms with van der Waals surface area (Å²) in [5, 5.41) is 5.71. The Hall–Kier alpha value is -3.48. The number of carbonyl (C=O) groups is 3. The van der Waals surface area contributed by atoms with Crippen LogP contribution in [0.15, 0.2) is 59.6 Å². The van der Waals surface area contributed by atoms with Gasteiger partial charge in [-0.15, -0.1) is 0 Å². The Balaban J connectivity index is 1.59. The minimum atomic E-state index is -1.25. The fourth-order valence-electron chi connectivity index (χ4n) is 3.47. The van der Waals surface area contributed by atoms with E-state index in [0.29, 0.717) is 24.9 Å². The fraction of sp³-hybridized carbons (Fsp3) is 0.304. The van der Waals surface area contributed by atoms with Gasteiger partial charge in [0.1, 0.15) is 17.7 Å². The van der Waals surface area contributed by atoms with Crippen molar-refractivity contribution in [3.05, 3.63) is 71.3 Å². The van der Waals surface area contributed by atoms with E-state index >= 15 is 0 Å². The fourth-order valence-corrected chi connectivity index (χ4v) is 3.47. The summed E-state index contributed by atoms with van der Waals surface area (Å²) in [6.45, 7) is 2.09. The highest BCUT2D eigenvalue weighted by Crippen LogP contribution is 2.21. The number of nitrogens with one attached hydrogen (secondary N) is 2. The monoisotopic (exact) mass is 406 g/mol. The molecular formula is C23H26N4O3. The molecule has 0 radical (unpaired) electrons. The largest absolute Gasteiger partial charge is 0.386 e. The third-order valence-corrected chi connectivity index (χ3v) is 5.14. The Morgan fingerprint density at radius 1 is 1.20 bits per heavy atom. The second kappa shape index (κ2) is 9.35. The number of amides is 2. The molecule has 7 heteroatoms. The van der Waals surface area contributed by atoms with Crippen LogP contribution in [-0.4, -0.2) is 42.1 Å². The van der Waals surface area contributed by atoms with Crippen molar-refractivity contribution in [3.63, 3.8) is 0 Å². The maximum atomic E-state index is 12.7. The van der Waals surface area contributed by atoms with E-state index in [0.717, 1.165) is 17.4 Å². The van der Waals surface area contributed by atoms with Gasteiger partial charge in [-0.2, -0.15) is 0 Å². The zero-order chi connectivity index (χ0) is 21.6. The van der Waals surface area contributed by atoms with Crippen molar-refractivity contribution >= 4 is 23.9 Å². The quantitative estimate of drug-likeness (QED) is 0.575. The number of nitrogens with zero attached hydrogens (tertiary/aromatic N) is 1. The Bertz CT molecular complexity index is 958. The number of rotatable bonds is 8. The Morgan fingerprint density at radius 3 is 2.67 bits per heavy atom. The third-order valence-electron chi connectivity index (χ3n) is 5.14. The molecule has 1 heterocycles. The lowest BCUT2D eigenvalue weighted by Crippen LogP contribution is -2.59. The topological polar surface area (TPSA) is 114 Å². The smallest absolute Gasteiger partial charge is 0.248 e. The van der Waals surface area contributed by atoms with Crippen LogP contribution in [-0.2, 0) is 22.4 Å². The molecule has 0 aromatic heterocycles. The van der Waals surface area contributed by atoms with Crippen molar-refractivity contribution in [2.75, 3.05) is 6.54 Å². The molecule has 1 aliphatic heterocycles. The molecule has 2 aromatic carbocycles. The average molecular weight is 406 g/mol. The summed E-state index contributed by atoms with van der Waals surface area (Å²) >= 11 is 0. The molecule has 0 fully saturated rings. The lowest BCUT2D eigenvalue weighted by Gasteiger charge is -2.33. The van der Waals surface area contributed by atoms with Gasteiger partial charge in [0.05, 0.1) is 12.5 Å². The molecule has 4 N–H and O–H groups in total. The molecule has 0 spiro atoms. The molecule has 2 atom stereocenters. The molecule has 30 heavy (non-hydrogen) atoms. The first-order valence-electron chi connectivity index (χ1n) is 9.90. The van der Waals surface area contributed by atoms with Crippen LogP contribution in [0.2, 0.25) is 0 Å². The highest BCUT2D eigenvalue weighted by molar-refractivity contribution is 6.01. The van der Waals surface area contributed by atoms with E-state index < -0.39 is 11.6 Å². The summed E-state index contributed by atoms with van der Waals surface area (Å²) in [5.41, 5.74) is 7.42. The normalized spacial score (nSPS) is 20.8. The first-order chi connectivity index (χ1) is 14.4. The van der Waals surface area contributed by atoms with Crippen molar-refractivity contribution in [1.82, 2.24) is 10.6 Å². The highest BCUT2D eigenvalue weighted by atomic mass is 16.2. The summed E-state index contributed by atoms with van der Waals surface area (Å²) in [7, 11) is 0. The number of aldehydes is 1. The van der Waals surface area contributed by atoms with E-state index in [1.165, 1.54) is 0 Å². The van der Waals surface area contributed by atoms with Crippen LogP contribution < -0.4 is 16.4 Å². The Labute approximate surface area is 175 Å². The molecule has 0 bridgehead atoms. The lowest BCUT2D eigenvalue weighted by molar-refractivity contribution is -0.131. The molecule has 2 aromatic rings. The number of carbonyl (C=O) groups excluding carboxylic acids is 3. The van der Waals surface area contributed by atoms with Crippen LogP contribution in [0, 0.1) is 0 Å². The number of hydrogen-bond acceptors (Lipinski definition) is 5. The number of amidine groups is 1. The first kappa shape index (κ1) is 21.2. The Kier molecular flexibility index (Phi) is 6.61.